The maximum Gasteiger partial charge on any atom is 0.328 e. The number of benzene rings is 2. The predicted molar refractivity (Wildman–Crippen MR) is 200 cm³/mol. The summed E-state index contributed by atoms with van der Waals surface area (Å²) in [6, 6.07) is 14.7. The van der Waals surface area contributed by atoms with Crippen molar-refractivity contribution in [1.82, 2.24) is 5.32 Å². The van der Waals surface area contributed by atoms with Gasteiger partial charge in [-0.2, -0.15) is 11.8 Å². The molecule has 0 radical (unpaired) electrons. The fourth-order valence-electron chi connectivity index (χ4n) is 6.10. The van der Waals surface area contributed by atoms with Gasteiger partial charge in [0.2, 0.25) is 5.91 Å². The standard InChI is InChI=1S/C40H51NO12S/c1-24(18-34(43)52-21-32-30-14-10-8-12-28(30)29-13-9-11-15-31(29)32)36(45)41-33(39(48)51-7)17-16-27(42)19-25(37(46)49-5)22-54-23-26(38(47)50-6)20-35(44)53-40(2,3)4/h8-15,24-26,32-33H,16-23H2,1-7H3,(H,41,45)/t24-,25-,26+,33-/m1/s1. The Bertz CT molecular complexity index is 1620. The zero-order valence-corrected chi connectivity index (χ0v) is 32.8. The highest BCUT2D eigenvalue weighted by molar-refractivity contribution is 7.99. The van der Waals surface area contributed by atoms with E-state index in [9.17, 15) is 33.6 Å². The van der Waals surface area contributed by atoms with Crippen LogP contribution in [0, 0.1) is 17.8 Å². The van der Waals surface area contributed by atoms with Crippen molar-refractivity contribution in [2.45, 2.75) is 77.4 Å². The Morgan fingerprint density at radius 2 is 1.24 bits per heavy atom. The van der Waals surface area contributed by atoms with Crippen LogP contribution >= 0.6 is 11.8 Å². The molecular formula is C40H51NO12S. The zero-order chi connectivity index (χ0) is 40.0. The van der Waals surface area contributed by atoms with Crippen LogP contribution < -0.4 is 5.32 Å². The molecule has 0 saturated carbocycles. The van der Waals surface area contributed by atoms with Crippen LogP contribution in [0.1, 0.15) is 76.8 Å². The van der Waals surface area contributed by atoms with Gasteiger partial charge in [0, 0.05) is 36.2 Å². The molecule has 0 fully saturated rings. The molecule has 0 aliphatic heterocycles. The monoisotopic (exact) mass is 769 g/mol. The van der Waals surface area contributed by atoms with Gasteiger partial charge in [-0.05, 0) is 49.4 Å². The van der Waals surface area contributed by atoms with Crippen molar-refractivity contribution < 1.29 is 57.2 Å². The molecular weight excluding hydrogens is 719 g/mol. The van der Waals surface area contributed by atoms with Crippen LogP contribution in [0.4, 0.5) is 0 Å². The summed E-state index contributed by atoms with van der Waals surface area (Å²) in [5, 5.41) is 2.58. The Labute approximate surface area is 320 Å². The lowest BCUT2D eigenvalue weighted by atomic mass is 9.98. The number of esters is 5. The van der Waals surface area contributed by atoms with E-state index in [1.165, 1.54) is 32.9 Å². The van der Waals surface area contributed by atoms with Crippen molar-refractivity contribution in [2.24, 2.45) is 17.8 Å². The largest absolute Gasteiger partial charge is 0.469 e. The first-order valence-electron chi connectivity index (χ1n) is 17.8. The van der Waals surface area contributed by atoms with Gasteiger partial charge in [0.15, 0.2) is 0 Å². The summed E-state index contributed by atoms with van der Waals surface area (Å²) in [5.74, 6) is -6.61. The Hall–Kier alpha value is -4.72. The number of amides is 1. The second-order valence-electron chi connectivity index (χ2n) is 14.1. The summed E-state index contributed by atoms with van der Waals surface area (Å²) >= 11 is 1.18. The number of hydrogen-bond donors (Lipinski definition) is 1. The van der Waals surface area contributed by atoms with Crippen LogP contribution in [-0.2, 0) is 57.2 Å². The topological polar surface area (TPSA) is 178 Å². The maximum absolute atomic E-state index is 13.1. The van der Waals surface area contributed by atoms with Gasteiger partial charge < -0.3 is 29.0 Å². The number of fused-ring (bicyclic) bond motifs is 3. The number of methoxy groups -OCH3 is 3. The van der Waals surface area contributed by atoms with Gasteiger partial charge in [-0.25, -0.2) is 4.79 Å². The van der Waals surface area contributed by atoms with Crippen molar-refractivity contribution in [3.8, 4) is 11.1 Å². The lowest BCUT2D eigenvalue weighted by Gasteiger charge is -2.22. The minimum absolute atomic E-state index is 0.102. The van der Waals surface area contributed by atoms with Crippen LogP contribution in [0.3, 0.4) is 0 Å². The molecule has 1 N–H and O–H groups in total. The smallest absolute Gasteiger partial charge is 0.328 e. The number of rotatable bonds is 20. The first-order chi connectivity index (χ1) is 25.6. The molecule has 0 aromatic heterocycles. The van der Waals surface area contributed by atoms with Gasteiger partial charge in [0.05, 0.1) is 46.0 Å². The molecule has 13 nitrogen and oxygen atoms in total. The lowest BCUT2D eigenvalue weighted by molar-refractivity contribution is -0.160. The van der Waals surface area contributed by atoms with Crippen molar-refractivity contribution >= 4 is 53.3 Å². The third kappa shape index (κ3) is 13.0. The van der Waals surface area contributed by atoms with Crippen molar-refractivity contribution in [3.05, 3.63) is 59.7 Å². The maximum atomic E-state index is 13.1. The molecule has 1 aliphatic carbocycles. The zero-order valence-electron chi connectivity index (χ0n) is 32.0. The Kier molecular flexibility index (Phi) is 16.7. The molecule has 2 aromatic rings. The molecule has 14 heteroatoms. The van der Waals surface area contributed by atoms with Crippen LogP contribution in [0.15, 0.2) is 48.5 Å². The van der Waals surface area contributed by atoms with E-state index in [-0.39, 0.29) is 61.9 Å². The molecule has 3 rings (SSSR count). The highest BCUT2D eigenvalue weighted by Crippen LogP contribution is 2.44. The molecule has 0 heterocycles. The molecule has 54 heavy (non-hydrogen) atoms. The Balaban J connectivity index is 1.51. The van der Waals surface area contributed by atoms with E-state index in [0.717, 1.165) is 29.4 Å². The molecule has 4 atom stereocenters. The molecule has 0 saturated heterocycles. The van der Waals surface area contributed by atoms with Crippen molar-refractivity contribution in [1.29, 1.82) is 0 Å². The lowest BCUT2D eigenvalue weighted by Crippen LogP contribution is -2.44. The van der Waals surface area contributed by atoms with E-state index in [0.29, 0.717) is 0 Å². The number of Topliss-reactive ketones (excluding diaryl/α,β-unsaturated/α-hetero) is 1. The average Bonchev–Trinajstić information content (AvgIpc) is 3.46. The van der Waals surface area contributed by atoms with Crippen molar-refractivity contribution in [3.63, 3.8) is 0 Å². The molecule has 0 spiro atoms. The third-order valence-corrected chi connectivity index (χ3v) is 10.1. The van der Waals surface area contributed by atoms with Crippen LogP contribution in [0.25, 0.3) is 11.1 Å². The first kappa shape index (κ1) is 43.7. The SMILES string of the molecule is COC(=O)[C@H](CSC[C@@H](CC(=O)CC[C@@H](NC(=O)[C@H](C)CC(=O)OCC1c2ccccc2-c2ccccc21)C(=O)OC)C(=O)OC)CC(=O)OC(C)(C)C. The fourth-order valence-corrected chi connectivity index (χ4v) is 7.31. The minimum atomic E-state index is -1.18. The molecule has 1 amide bonds. The van der Waals surface area contributed by atoms with Gasteiger partial charge in [0.1, 0.15) is 24.0 Å². The molecule has 0 unspecified atom stereocenters. The van der Waals surface area contributed by atoms with Gasteiger partial charge in [-0.1, -0.05) is 55.5 Å². The average molecular weight is 770 g/mol. The van der Waals surface area contributed by atoms with E-state index in [1.54, 1.807) is 20.8 Å². The highest BCUT2D eigenvalue weighted by Gasteiger charge is 2.32. The molecule has 0 bridgehead atoms. The fraction of sp³-hybridized carbons (Fsp3) is 0.525. The third-order valence-electron chi connectivity index (χ3n) is 8.82. The summed E-state index contributed by atoms with van der Waals surface area (Å²) in [6.45, 7) is 6.78. The highest BCUT2D eigenvalue weighted by atomic mass is 32.2. The number of carbonyl (C=O) groups excluding carboxylic acids is 7. The molecule has 1 aliphatic rings. The number of carbonyl (C=O) groups is 7. The van der Waals surface area contributed by atoms with Gasteiger partial charge in [0.25, 0.3) is 0 Å². The summed E-state index contributed by atoms with van der Waals surface area (Å²) in [6.07, 6.45) is -0.973. The van der Waals surface area contributed by atoms with Gasteiger partial charge in [-0.15, -0.1) is 0 Å². The van der Waals surface area contributed by atoms with E-state index in [2.05, 4.69) is 5.32 Å². The van der Waals surface area contributed by atoms with E-state index < -0.39 is 65.2 Å². The number of hydrogen-bond acceptors (Lipinski definition) is 13. The van der Waals surface area contributed by atoms with Gasteiger partial charge in [-0.3, -0.25) is 28.8 Å². The van der Waals surface area contributed by atoms with Crippen LogP contribution in [0.2, 0.25) is 0 Å². The number of thioether (sulfide) groups is 1. The van der Waals surface area contributed by atoms with Crippen LogP contribution in [0.5, 0.6) is 0 Å². The number of ether oxygens (including phenoxy) is 5. The summed E-state index contributed by atoms with van der Waals surface area (Å²) in [7, 11) is 3.55. The van der Waals surface area contributed by atoms with E-state index in [1.807, 2.05) is 48.5 Å². The summed E-state index contributed by atoms with van der Waals surface area (Å²) in [4.78, 5) is 88.8. The summed E-state index contributed by atoms with van der Waals surface area (Å²) < 4.78 is 25.5. The second kappa shape index (κ2) is 20.7. The normalized spacial score (nSPS) is 14.3. The van der Waals surface area contributed by atoms with Gasteiger partial charge >= 0.3 is 29.8 Å². The Morgan fingerprint density at radius 1 is 0.722 bits per heavy atom. The number of ketones is 1. The second-order valence-corrected chi connectivity index (χ2v) is 15.2. The van der Waals surface area contributed by atoms with Crippen molar-refractivity contribution in [2.75, 3.05) is 39.4 Å². The summed E-state index contributed by atoms with van der Waals surface area (Å²) in [5.41, 5.74) is 3.57. The first-order valence-corrected chi connectivity index (χ1v) is 18.9. The van der Waals surface area contributed by atoms with E-state index >= 15 is 0 Å². The Morgan fingerprint density at radius 3 is 1.76 bits per heavy atom. The van der Waals surface area contributed by atoms with Crippen LogP contribution in [-0.4, -0.2) is 92.6 Å². The predicted octanol–water partition coefficient (Wildman–Crippen LogP) is 4.81. The quantitative estimate of drug-likeness (QED) is 0.144. The minimum Gasteiger partial charge on any atom is -0.469 e. The molecule has 294 valence electrons. The number of nitrogens with one attached hydrogen (secondary N) is 1. The van der Waals surface area contributed by atoms with E-state index in [4.69, 9.17) is 23.7 Å². The molecule has 2 aromatic carbocycles.